The number of ether oxygens (including phenoxy) is 1. The Labute approximate surface area is 149 Å². The van der Waals surface area contributed by atoms with Crippen LogP contribution in [0, 0.1) is 5.82 Å². The lowest BCUT2D eigenvalue weighted by Gasteiger charge is -2.07. The van der Waals surface area contributed by atoms with E-state index in [2.05, 4.69) is 25.3 Å². The molecule has 3 rings (SSSR count). The van der Waals surface area contributed by atoms with Crippen molar-refractivity contribution in [3.05, 3.63) is 54.2 Å². The highest BCUT2D eigenvalue weighted by atomic mass is 19.4. The van der Waals surface area contributed by atoms with Crippen molar-refractivity contribution in [1.82, 2.24) is 20.0 Å². The normalized spacial score (nSPS) is 11.6. The number of carbonyl (C=O) groups is 1. The molecule has 0 unspecified atom stereocenters. The van der Waals surface area contributed by atoms with Crippen LogP contribution in [0.5, 0.6) is 0 Å². The third kappa shape index (κ3) is 5.14. The fourth-order valence-electron chi connectivity index (χ4n) is 2.16. The molecule has 1 amide bonds. The summed E-state index contributed by atoms with van der Waals surface area (Å²) in [5.41, 5.74) is 1.50. The molecule has 0 spiro atoms. The molecule has 11 heteroatoms. The van der Waals surface area contributed by atoms with Gasteiger partial charge >= 0.3 is 6.18 Å². The SMILES string of the molecule is O=C(Nc1cnn(COCC(F)(F)F)c1)c1cc(-c2ccc(F)cc2)n[nH]1. The lowest BCUT2D eigenvalue weighted by molar-refractivity contribution is -0.182. The Bertz CT molecular complexity index is 918. The van der Waals surface area contributed by atoms with Crippen molar-refractivity contribution < 1.29 is 27.1 Å². The average Bonchev–Trinajstić information content (AvgIpc) is 3.24. The van der Waals surface area contributed by atoms with Crippen molar-refractivity contribution >= 4 is 11.6 Å². The summed E-state index contributed by atoms with van der Waals surface area (Å²) in [6.45, 7) is -1.80. The summed E-state index contributed by atoms with van der Waals surface area (Å²) in [4.78, 5) is 12.2. The molecule has 7 nitrogen and oxygen atoms in total. The van der Waals surface area contributed by atoms with E-state index < -0.39 is 25.4 Å². The minimum absolute atomic E-state index is 0.149. The second-order valence-corrected chi connectivity index (χ2v) is 5.49. The molecule has 0 aliphatic heterocycles. The smallest absolute Gasteiger partial charge is 0.350 e. The van der Waals surface area contributed by atoms with Gasteiger partial charge in [-0.3, -0.25) is 9.89 Å². The molecule has 1 aromatic carbocycles. The summed E-state index contributed by atoms with van der Waals surface area (Å²) in [5.74, 6) is -0.907. The predicted octanol–water partition coefficient (Wildman–Crippen LogP) is 3.20. The first-order valence-electron chi connectivity index (χ1n) is 7.60. The summed E-state index contributed by atoms with van der Waals surface area (Å²) in [6.07, 6.45) is -1.83. The van der Waals surface area contributed by atoms with Crippen LogP contribution in [0.1, 0.15) is 10.5 Å². The van der Waals surface area contributed by atoms with Crippen LogP contribution in [-0.4, -0.2) is 38.7 Å². The van der Waals surface area contributed by atoms with Crippen LogP contribution in [0.4, 0.5) is 23.2 Å². The van der Waals surface area contributed by atoms with Crippen LogP contribution >= 0.6 is 0 Å². The lowest BCUT2D eigenvalue weighted by Crippen LogP contribution is -2.18. The standard InChI is InChI=1S/C16H13F4N5O2/c17-11-3-1-10(2-4-11)13-5-14(24-23-13)15(26)22-12-6-21-25(7-12)9-27-8-16(18,19)20/h1-7H,8-9H2,(H,22,26)(H,23,24). The molecule has 142 valence electrons. The van der Waals surface area contributed by atoms with Gasteiger partial charge in [-0.2, -0.15) is 23.4 Å². The minimum atomic E-state index is -4.42. The monoisotopic (exact) mass is 383 g/mol. The molecule has 0 saturated heterocycles. The molecule has 2 heterocycles. The Hall–Kier alpha value is -3.21. The highest BCUT2D eigenvalue weighted by molar-refractivity contribution is 6.03. The van der Waals surface area contributed by atoms with Crippen molar-refractivity contribution in [1.29, 1.82) is 0 Å². The number of benzene rings is 1. The minimum Gasteiger partial charge on any atom is -0.350 e. The van der Waals surface area contributed by atoms with Crippen LogP contribution in [0.2, 0.25) is 0 Å². The summed E-state index contributed by atoms with van der Waals surface area (Å²) in [5, 5.41) is 12.9. The zero-order valence-electron chi connectivity index (χ0n) is 13.6. The molecule has 0 atom stereocenters. The van der Waals surface area contributed by atoms with Crippen LogP contribution in [0.15, 0.2) is 42.7 Å². The number of alkyl halides is 3. The number of nitrogens with zero attached hydrogens (tertiary/aromatic N) is 3. The van der Waals surface area contributed by atoms with Gasteiger partial charge in [-0.05, 0) is 30.3 Å². The second-order valence-electron chi connectivity index (χ2n) is 5.49. The zero-order valence-corrected chi connectivity index (χ0v) is 13.6. The van der Waals surface area contributed by atoms with Crippen LogP contribution in [0.3, 0.4) is 0 Å². The quantitative estimate of drug-likeness (QED) is 0.641. The van der Waals surface area contributed by atoms with E-state index in [0.717, 1.165) is 4.68 Å². The summed E-state index contributed by atoms with van der Waals surface area (Å²) in [6, 6.07) is 7.09. The van der Waals surface area contributed by atoms with E-state index >= 15 is 0 Å². The number of rotatable bonds is 6. The lowest BCUT2D eigenvalue weighted by atomic mass is 10.1. The molecule has 0 aliphatic carbocycles. The Balaban J connectivity index is 1.59. The number of aromatic amines is 1. The topological polar surface area (TPSA) is 84.8 Å². The van der Waals surface area contributed by atoms with Gasteiger partial charge in [0, 0.05) is 5.56 Å². The number of amides is 1. The maximum absolute atomic E-state index is 13.0. The number of nitrogens with one attached hydrogen (secondary N) is 2. The van der Waals surface area contributed by atoms with E-state index in [4.69, 9.17) is 0 Å². The van der Waals surface area contributed by atoms with E-state index in [1.807, 2.05) is 0 Å². The van der Waals surface area contributed by atoms with E-state index in [1.165, 1.54) is 42.7 Å². The molecule has 0 radical (unpaired) electrons. The number of aromatic nitrogens is 4. The van der Waals surface area contributed by atoms with Gasteiger partial charge in [-0.1, -0.05) is 0 Å². The molecular formula is C16H13F4N5O2. The first kappa shape index (κ1) is 18.6. The maximum atomic E-state index is 13.0. The third-order valence-electron chi connectivity index (χ3n) is 3.34. The first-order valence-corrected chi connectivity index (χ1v) is 7.60. The maximum Gasteiger partial charge on any atom is 0.411 e. The van der Waals surface area contributed by atoms with Gasteiger partial charge in [-0.15, -0.1) is 0 Å². The zero-order chi connectivity index (χ0) is 19.4. The van der Waals surface area contributed by atoms with Gasteiger partial charge in [0.15, 0.2) is 0 Å². The van der Waals surface area contributed by atoms with E-state index in [-0.39, 0.29) is 17.2 Å². The largest absolute Gasteiger partial charge is 0.411 e. The molecule has 0 aliphatic rings. The highest BCUT2D eigenvalue weighted by Gasteiger charge is 2.27. The molecule has 3 aromatic rings. The van der Waals surface area contributed by atoms with Crippen molar-refractivity contribution in [3.63, 3.8) is 0 Å². The molecule has 0 bridgehead atoms. The van der Waals surface area contributed by atoms with Gasteiger partial charge < -0.3 is 10.1 Å². The van der Waals surface area contributed by atoms with Crippen LogP contribution in [-0.2, 0) is 11.5 Å². The van der Waals surface area contributed by atoms with Gasteiger partial charge in [0.2, 0.25) is 0 Å². The van der Waals surface area contributed by atoms with Crippen LogP contribution < -0.4 is 5.32 Å². The Morgan fingerprint density at radius 3 is 2.70 bits per heavy atom. The number of carbonyl (C=O) groups excluding carboxylic acids is 1. The highest BCUT2D eigenvalue weighted by Crippen LogP contribution is 2.19. The van der Waals surface area contributed by atoms with Crippen LogP contribution in [0.25, 0.3) is 11.3 Å². The summed E-state index contributed by atoms with van der Waals surface area (Å²) < 4.78 is 54.6. The van der Waals surface area contributed by atoms with Gasteiger partial charge in [-0.25, -0.2) is 9.07 Å². The van der Waals surface area contributed by atoms with Crippen molar-refractivity contribution in [2.24, 2.45) is 0 Å². The van der Waals surface area contributed by atoms with E-state index in [1.54, 1.807) is 0 Å². The number of H-pyrrole nitrogens is 1. The Kier molecular flexibility index (Phi) is 5.21. The number of hydrogen-bond acceptors (Lipinski definition) is 4. The predicted molar refractivity (Wildman–Crippen MR) is 86.2 cm³/mol. The molecule has 0 fully saturated rings. The van der Waals surface area contributed by atoms with Crippen molar-refractivity contribution in [2.75, 3.05) is 11.9 Å². The van der Waals surface area contributed by atoms with Gasteiger partial charge in [0.25, 0.3) is 5.91 Å². The number of anilines is 1. The first-order chi connectivity index (χ1) is 12.8. The number of hydrogen-bond donors (Lipinski definition) is 2. The third-order valence-corrected chi connectivity index (χ3v) is 3.34. The molecule has 2 aromatic heterocycles. The Morgan fingerprint density at radius 1 is 1.26 bits per heavy atom. The van der Waals surface area contributed by atoms with E-state index in [9.17, 15) is 22.4 Å². The fraction of sp³-hybridized carbons (Fsp3) is 0.188. The molecule has 27 heavy (non-hydrogen) atoms. The van der Waals surface area contributed by atoms with Gasteiger partial charge in [0.05, 0.1) is 23.8 Å². The van der Waals surface area contributed by atoms with Crippen molar-refractivity contribution in [2.45, 2.75) is 12.9 Å². The Morgan fingerprint density at radius 2 is 2.00 bits per heavy atom. The molecule has 2 N–H and O–H groups in total. The summed E-state index contributed by atoms with van der Waals surface area (Å²) in [7, 11) is 0. The van der Waals surface area contributed by atoms with E-state index in [0.29, 0.717) is 11.3 Å². The second kappa shape index (κ2) is 7.58. The average molecular weight is 383 g/mol. The van der Waals surface area contributed by atoms with Gasteiger partial charge in [0.1, 0.15) is 24.8 Å². The number of halogens is 4. The summed E-state index contributed by atoms with van der Waals surface area (Å²) >= 11 is 0. The van der Waals surface area contributed by atoms with Crippen molar-refractivity contribution in [3.8, 4) is 11.3 Å². The molecule has 0 saturated carbocycles. The molecular weight excluding hydrogens is 370 g/mol. The fourth-order valence-corrected chi connectivity index (χ4v) is 2.16.